The van der Waals surface area contributed by atoms with Gasteiger partial charge in [0.15, 0.2) is 0 Å². The summed E-state index contributed by atoms with van der Waals surface area (Å²) in [7, 11) is 4.01. The van der Waals surface area contributed by atoms with Gasteiger partial charge in [0.05, 0.1) is 5.60 Å². The van der Waals surface area contributed by atoms with Crippen molar-refractivity contribution in [1.82, 2.24) is 15.1 Å². The second kappa shape index (κ2) is 6.90. The molecule has 1 N–H and O–H groups in total. The Labute approximate surface area is 111 Å². The van der Waals surface area contributed by atoms with Crippen molar-refractivity contribution in [1.29, 1.82) is 0 Å². The van der Waals surface area contributed by atoms with Gasteiger partial charge in [-0.15, -0.1) is 0 Å². The van der Waals surface area contributed by atoms with Crippen LogP contribution in [0.2, 0.25) is 0 Å². The zero-order valence-electron chi connectivity index (χ0n) is 12.4. The third-order valence-corrected chi connectivity index (χ3v) is 3.87. The van der Waals surface area contributed by atoms with E-state index in [-0.39, 0.29) is 5.60 Å². The Bertz CT molecular complexity index is 351. The molecule has 0 radical (unpaired) electrons. The second-order valence-electron chi connectivity index (χ2n) is 4.93. The lowest BCUT2D eigenvalue weighted by molar-refractivity contribution is -0.0553. The Morgan fingerprint density at radius 2 is 2.22 bits per heavy atom. The van der Waals surface area contributed by atoms with E-state index in [1.807, 2.05) is 25.0 Å². The van der Waals surface area contributed by atoms with Crippen LogP contribution in [0.1, 0.15) is 39.3 Å². The first-order valence-electron chi connectivity index (χ1n) is 6.85. The van der Waals surface area contributed by atoms with E-state index in [4.69, 9.17) is 4.74 Å². The molecule has 2 unspecified atom stereocenters. The van der Waals surface area contributed by atoms with E-state index in [0.717, 1.165) is 25.9 Å². The van der Waals surface area contributed by atoms with E-state index in [0.29, 0.717) is 6.04 Å². The maximum absolute atomic E-state index is 5.95. The normalized spacial score (nSPS) is 16.5. The molecule has 0 bridgehead atoms. The van der Waals surface area contributed by atoms with E-state index in [1.54, 1.807) is 0 Å². The monoisotopic (exact) mass is 253 g/mol. The average molecular weight is 253 g/mol. The van der Waals surface area contributed by atoms with Gasteiger partial charge in [-0.2, -0.15) is 5.10 Å². The lowest BCUT2D eigenvalue weighted by Crippen LogP contribution is -2.49. The smallest absolute Gasteiger partial charge is 0.0804 e. The first-order chi connectivity index (χ1) is 8.57. The summed E-state index contributed by atoms with van der Waals surface area (Å²) in [5.74, 6) is 0. The minimum Gasteiger partial charge on any atom is -0.374 e. The van der Waals surface area contributed by atoms with Gasteiger partial charge in [0.1, 0.15) is 0 Å². The van der Waals surface area contributed by atoms with Crippen LogP contribution in [-0.2, 0) is 18.2 Å². The summed E-state index contributed by atoms with van der Waals surface area (Å²) < 4.78 is 7.89. The van der Waals surface area contributed by atoms with Gasteiger partial charge in [0.25, 0.3) is 0 Å². The standard InChI is InChI=1S/C14H27N3O/c1-6-14(3,18-7-2)13(15-4)9-8-12-10-11-16-17(12)5/h10-11,13,15H,6-9H2,1-5H3. The fourth-order valence-electron chi connectivity index (χ4n) is 2.47. The summed E-state index contributed by atoms with van der Waals surface area (Å²) in [5.41, 5.74) is 1.17. The van der Waals surface area contributed by atoms with E-state index < -0.39 is 0 Å². The zero-order valence-corrected chi connectivity index (χ0v) is 12.4. The maximum Gasteiger partial charge on any atom is 0.0804 e. The molecule has 0 saturated heterocycles. The summed E-state index contributed by atoms with van der Waals surface area (Å²) in [5, 5.41) is 7.61. The Balaban J connectivity index is 2.63. The number of aromatic nitrogens is 2. The van der Waals surface area contributed by atoms with Gasteiger partial charge < -0.3 is 10.1 Å². The summed E-state index contributed by atoms with van der Waals surface area (Å²) in [4.78, 5) is 0. The molecule has 0 aliphatic heterocycles. The van der Waals surface area contributed by atoms with Crippen LogP contribution in [0.15, 0.2) is 12.3 Å². The highest BCUT2D eigenvalue weighted by Gasteiger charge is 2.31. The Kier molecular flexibility index (Phi) is 5.82. The van der Waals surface area contributed by atoms with Crippen LogP contribution < -0.4 is 5.32 Å². The first-order valence-corrected chi connectivity index (χ1v) is 6.85. The van der Waals surface area contributed by atoms with Crippen LogP contribution in [0, 0.1) is 0 Å². The van der Waals surface area contributed by atoms with Crippen molar-refractivity contribution < 1.29 is 4.74 Å². The molecule has 4 heteroatoms. The number of hydrogen-bond acceptors (Lipinski definition) is 3. The van der Waals surface area contributed by atoms with Gasteiger partial charge in [-0.05, 0) is 46.2 Å². The van der Waals surface area contributed by atoms with Crippen molar-refractivity contribution in [2.75, 3.05) is 13.7 Å². The molecule has 2 atom stereocenters. The molecule has 0 aliphatic rings. The lowest BCUT2D eigenvalue weighted by atomic mass is 9.89. The molecule has 0 spiro atoms. The summed E-state index contributed by atoms with van der Waals surface area (Å²) in [6.45, 7) is 7.20. The van der Waals surface area contributed by atoms with Gasteiger partial charge in [0.2, 0.25) is 0 Å². The van der Waals surface area contributed by atoms with Gasteiger partial charge in [-0.25, -0.2) is 0 Å². The van der Waals surface area contributed by atoms with Gasteiger partial charge in [-0.1, -0.05) is 6.92 Å². The van der Waals surface area contributed by atoms with Crippen LogP contribution in [0.25, 0.3) is 0 Å². The minimum absolute atomic E-state index is 0.0951. The van der Waals surface area contributed by atoms with E-state index >= 15 is 0 Å². The first kappa shape index (κ1) is 15.2. The largest absolute Gasteiger partial charge is 0.374 e. The van der Waals surface area contributed by atoms with Crippen LogP contribution in [0.4, 0.5) is 0 Å². The second-order valence-corrected chi connectivity index (χ2v) is 4.93. The number of likely N-dealkylation sites (N-methyl/N-ethyl adjacent to an activating group) is 1. The number of nitrogens with zero attached hydrogens (tertiary/aromatic N) is 2. The highest BCUT2D eigenvalue weighted by molar-refractivity contribution is 5.01. The number of rotatable bonds is 8. The van der Waals surface area contributed by atoms with Gasteiger partial charge in [-0.3, -0.25) is 4.68 Å². The Hall–Kier alpha value is -0.870. The topological polar surface area (TPSA) is 39.1 Å². The van der Waals surface area contributed by atoms with Crippen molar-refractivity contribution in [3.63, 3.8) is 0 Å². The molecule has 1 aromatic rings. The van der Waals surface area contributed by atoms with Crippen LogP contribution in [-0.4, -0.2) is 35.1 Å². The average Bonchev–Trinajstić information content (AvgIpc) is 2.76. The summed E-state index contributed by atoms with van der Waals surface area (Å²) >= 11 is 0. The molecule has 1 aromatic heterocycles. The molecular formula is C14H27N3O. The van der Waals surface area contributed by atoms with Crippen molar-refractivity contribution in [3.05, 3.63) is 18.0 Å². The molecule has 0 aromatic carbocycles. The number of nitrogens with one attached hydrogen (secondary N) is 1. The quantitative estimate of drug-likeness (QED) is 0.771. The third kappa shape index (κ3) is 3.56. The maximum atomic E-state index is 5.95. The lowest BCUT2D eigenvalue weighted by Gasteiger charge is -2.36. The van der Waals surface area contributed by atoms with E-state index in [1.165, 1.54) is 5.69 Å². The fourth-order valence-corrected chi connectivity index (χ4v) is 2.47. The van der Waals surface area contributed by atoms with Crippen LogP contribution in [0.3, 0.4) is 0 Å². The number of ether oxygens (including phenoxy) is 1. The van der Waals surface area contributed by atoms with Crippen molar-refractivity contribution in [3.8, 4) is 0 Å². The van der Waals surface area contributed by atoms with Crippen molar-refractivity contribution >= 4 is 0 Å². The molecule has 0 amide bonds. The van der Waals surface area contributed by atoms with Crippen molar-refractivity contribution in [2.24, 2.45) is 7.05 Å². The molecule has 4 nitrogen and oxygen atoms in total. The Morgan fingerprint density at radius 3 is 2.67 bits per heavy atom. The predicted octanol–water partition coefficient (Wildman–Crippen LogP) is 2.15. The SMILES string of the molecule is CCOC(C)(CC)C(CCc1ccnn1C)NC. The molecule has 0 saturated carbocycles. The minimum atomic E-state index is -0.0951. The summed E-state index contributed by atoms with van der Waals surface area (Å²) in [6.07, 6.45) is 4.94. The highest BCUT2D eigenvalue weighted by Crippen LogP contribution is 2.23. The van der Waals surface area contributed by atoms with Gasteiger partial charge in [0, 0.05) is 31.6 Å². The highest BCUT2D eigenvalue weighted by atomic mass is 16.5. The predicted molar refractivity (Wildman–Crippen MR) is 74.7 cm³/mol. The molecule has 1 rings (SSSR count). The van der Waals surface area contributed by atoms with Crippen molar-refractivity contribution in [2.45, 2.75) is 51.7 Å². The Morgan fingerprint density at radius 1 is 1.50 bits per heavy atom. The zero-order chi connectivity index (χ0) is 13.6. The molecule has 1 heterocycles. The fraction of sp³-hybridized carbons (Fsp3) is 0.786. The molecule has 18 heavy (non-hydrogen) atoms. The molecule has 104 valence electrons. The molecular weight excluding hydrogens is 226 g/mol. The van der Waals surface area contributed by atoms with E-state index in [2.05, 4.69) is 37.3 Å². The number of aryl methyl sites for hydroxylation is 2. The third-order valence-electron chi connectivity index (χ3n) is 3.87. The van der Waals surface area contributed by atoms with Gasteiger partial charge >= 0.3 is 0 Å². The molecule has 0 fully saturated rings. The van der Waals surface area contributed by atoms with E-state index in [9.17, 15) is 0 Å². The van der Waals surface area contributed by atoms with Crippen LogP contribution in [0.5, 0.6) is 0 Å². The number of hydrogen-bond donors (Lipinski definition) is 1. The van der Waals surface area contributed by atoms with Crippen LogP contribution >= 0.6 is 0 Å². The summed E-state index contributed by atoms with van der Waals surface area (Å²) in [6, 6.07) is 2.44. The molecule has 0 aliphatic carbocycles.